The predicted molar refractivity (Wildman–Crippen MR) is 83.5 cm³/mol. The molecule has 3 heterocycles. The van der Waals surface area contributed by atoms with E-state index in [1.165, 1.54) is 11.8 Å². The largest absolute Gasteiger partial charge is 0.433 e. The fourth-order valence-electron chi connectivity index (χ4n) is 2.24. The van der Waals surface area contributed by atoms with Gasteiger partial charge in [-0.05, 0) is 18.4 Å². The van der Waals surface area contributed by atoms with E-state index in [4.69, 9.17) is 11.6 Å². The van der Waals surface area contributed by atoms with Crippen molar-refractivity contribution in [3.63, 3.8) is 0 Å². The molecule has 0 aromatic carbocycles. The molecule has 0 saturated heterocycles. The van der Waals surface area contributed by atoms with Gasteiger partial charge in [0.05, 0.1) is 27.8 Å². The number of halogens is 4. The molecule has 0 spiro atoms. The van der Waals surface area contributed by atoms with Gasteiger partial charge in [-0.2, -0.15) is 13.2 Å². The normalized spacial score (nSPS) is 12.1. The van der Waals surface area contributed by atoms with E-state index >= 15 is 0 Å². The molecule has 0 N–H and O–H groups in total. The lowest BCUT2D eigenvalue weighted by atomic mass is 10.2. The van der Waals surface area contributed by atoms with Gasteiger partial charge in [0.15, 0.2) is 0 Å². The SMILES string of the molecule is CSc1nccc(Cl)c1-c1nc2cc(C(F)(F)F)ncc2n1C. The average molecular weight is 359 g/mol. The predicted octanol–water partition coefficient (Wildman–Crippen LogP) is 4.42. The third-order valence-corrected chi connectivity index (χ3v) is 4.35. The first-order valence-corrected chi connectivity index (χ1v) is 8.01. The van der Waals surface area contributed by atoms with Crippen molar-refractivity contribution in [2.24, 2.45) is 7.05 Å². The second kappa shape index (κ2) is 5.68. The van der Waals surface area contributed by atoms with Crippen molar-refractivity contribution in [3.05, 3.63) is 35.2 Å². The summed E-state index contributed by atoms with van der Waals surface area (Å²) in [7, 11) is 1.70. The van der Waals surface area contributed by atoms with Crippen LogP contribution in [0.25, 0.3) is 22.4 Å². The lowest BCUT2D eigenvalue weighted by molar-refractivity contribution is -0.141. The van der Waals surface area contributed by atoms with Crippen LogP contribution in [-0.4, -0.2) is 25.8 Å². The Morgan fingerprint density at radius 3 is 2.65 bits per heavy atom. The summed E-state index contributed by atoms with van der Waals surface area (Å²) in [6.45, 7) is 0. The molecule has 0 fully saturated rings. The third kappa shape index (κ3) is 2.76. The van der Waals surface area contributed by atoms with Crippen LogP contribution in [0.1, 0.15) is 5.69 Å². The molecule has 0 atom stereocenters. The lowest BCUT2D eigenvalue weighted by Crippen LogP contribution is -2.07. The van der Waals surface area contributed by atoms with Gasteiger partial charge >= 0.3 is 6.18 Å². The molecule has 9 heteroatoms. The van der Waals surface area contributed by atoms with Gasteiger partial charge in [0, 0.05) is 13.2 Å². The van der Waals surface area contributed by atoms with E-state index in [-0.39, 0.29) is 5.52 Å². The highest BCUT2D eigenvalue weighted by molar-refractivity contribution is 7.98. The summed E-state index contributed by atoms with van der Waals surface area (Å²) in [6, 6.07) is 2.55. The number of imidazole rings is 1. The lowest BCUT2D eigenvalue weighted by Gasteiger charge is -2.08. The molecule has 0 aliphatic carbocycles. The maximum Gasteiger partial charge on any atom is 0.433 e. The number of fused-ring (bicyclic) bond motifs is 1. The van der Waals surface area contributed by atoms with Gasteiger partial charge < -0.3 is 4.57 Å². The molecule has 120 valence electrons. The summed E-state index contributed by atoms with van der Waals surface area (Å²) < 4.78 is 40.0. The van der Waals surface area contributed by atoms with Gasteiger partial charge in [-0.15, -0.1) is 11.8 Å². The van der Waals surface area contributed by atoms with Gasteiger partial charge in [0.2, 0.25) is 0 Å². The maximum absolute atomic E-state index is 12.8. The third-order valence-electron chi connectivity index (χ3n) is 3.34. The Morgan fingerprint density at radius 1 is 1.26 bits per heavy atom. The average Bonchev–Trinajstić information content (AvgIpc) is 2.82. The van der Waals surface area contributed by atoms with Gasteiger partial charge in [0.1, 0.15) is 16.5 Å². The van der Waals surface area contributed by atoms with E-state index in [1.54, 1.807) is 23.9 Å². The second-order valence-electron chi connectivity index (χ2n) is 4.73. The van der Waals surface area contributed by atoms with Crippen molar-refractivity contribution in [1.29, 1.82) is 0 Å². The van der Waals surface area contributed by atoms with Crippen LogP contribution in [-0.2, 0) is 13.2 Å². The molecule has 0 unspecified atom stereocenters. The molecule has 0 amide bonds. The quantitative estimate of drug-likeness (QED) is 0.636. The zero-order chi connectivity index (χ0) is 16.8. The number of nitrogens with zero attached hydrogens (tertiary/aromatic N) is 4. The van der Waals surface area contributed by atoms with E-state index in [0.29, 0.717) is 27.0 Å². The van der Waals surface area contributed by atoms with E-state index in [2.05, 4.69) is 15.0 Å². The highest BCUT2D eigenvalue weighted by atomic mass is 35.5. The fraction of sp³-hybridized carbons (Fsp3) is 0.214. The summed E-state index contributed by atoms with van der Waals surface area (Å²) >= 11 is 7.63. The van der Waals surface area contributed by atoms with E-state index < -0.39 is 11.9 Å². The number of pyridine rings is 2. The maximum atomic E-state index is 12.8. The van der Waals surface area contributed by atoms with Crippen molar-refractivity contribution in [2.45, 2.75) is 11.2 Å². The molecule has 0 aliphatic rings. The van der Waals surface area contributed by atoms with E-state index in [1.807, 2.05) is 6.26 Å². The number of rotatable bonds is 2. The minimum atomic E-state index is -4.51. The highest BCUT2D eigenvalue weighted by Gasteiger charge is 2.33. The smallest absolute Gasteiger partial charge is 0.326 e. The monoisotopic (exact) mass is 358 g/mol. The van der Waals surface area contributed by atoms with Crippen LogP contribution in [0.15, 0.2) is 29.6 Å². The minimum absolute atomic E-state index is 0.205. The van der Waals surface area contributed by atoms with Gasteiger partial charge in [-0.25, -0.2) is 15.0 Å². The van der Waals surface area contributed by atoms with Crippen LogP contribution >= 0.6 is 23.4 Å². The summed E-state index contributed by atoms with van der Waals surface area (Å²) in [5, 5.41) is 1.09. The van der Waals surface area contributed by atoms with Crippen molar-refractivity contribution < 1.29 is 13.2 Å². The molecule has 0 aliphatic heterocycles. The molecule has 3 aromatic heterocycles. The number of thioether (sulfide) groups is 1. The number of alkyl halides is 3. The van der Waals surface area contributed by atoms with Crippen LogP contribution in [0.4, 0.5) is 13.2 Å². The summed E-state index contributed by atoms with van der Waals surface area (Å²) in [5.41, 5.74) is 0.308. The van der Waals surface area contributed by atoms with Crippen molar-refractivity contribution >= 4 is 34.4 Å². The molecule has 0 saturated carbocycles. The molecular formula is C14H10ClF3N4S. The van der Waals surface area contributed by atoms with E-state index in [9.17, 15) is 13.2 Å². The van der Waals surface area contributed by atoms with Crippen LogP contribution in [0, 0.1) is 0 Å². The van der Waals surface area contributed by atoms with Gasteiger partial charge in [0.25, 0.3) is 0 Å². The molecular weight excluding hydrogens is 349 g/mol. The Hall–Kier alpha value is -1.80. The summed E-state index contributed by atoms with van der Waals surface area (Å²) in [5.74, 6) is 0.448. The molecule has 0 bridgehead atoms. The van der Waals surface area contributed by atoms with E-state index in [0.717, 1.165) is 12.3 Å². The number of aryl methyl sites for hydroxylation is 1. The number of aromatic nitrogens is 4. The molecule has 4 nitrogen and oxygen atoms in total. The Kier molecular flexibility index (Phi) is 3.97. The zero-order valence-corrected chi connectivity index (χ0v) is 13.6. The molecule has 3 rings (SSSR count). The Labute approximate surface area is 138 Å². The second-order valence-corrected chi connectivity index (χ2v) is 5.93. The highest BCUT2D eigenvalue weighted by Crippen LogP contribution is 2.36. The Bertz CT molecular complexity index is 892. The fourth-order valence-corrected chi connectivity index (χ4v) is 3.10. The minimum Gasteiger partial charge on any atom is -0.326 e. The van der Waals surface area contributed by atoms with Crippen molar-refractivity contribution in [3.8, 4) is 11.4 Å². The summed E-state index contributed by atoms with van der Waals surface area (Å²) in [6.07, 6.45) is 0.0672. The Balaban J connectivity index is 2.26. The first-order valence-electron chi connectivity index (χ1n) is 6.41. The van der Waals surface area contributed by atoms with Crippen LogP contribution in [0.3, 0.4) is 0 Å². The topological polar surface area (TPSA) is 43.6 Å². The van der Waals surface area contributed by atoms with Crippen LogP contribution in [0.5, 0.6) is 0 Å². The number of hydrogen-bond acceptors (Lipinski definition) is 4. The van der Waals surface area contributed by atoms with Crippen LogP contribution in [0.2, 0.25) is 5.02 Å². The molecule has 3 aromatic rings. The first kappa shape index (κ1) is 16.1. The zero-order valence-electron chi connectivity index (χ0n) is 12.0. The van der Waals surface area contributed by atoms with Gasteiger partial charge in [-0.3, -0.25) is 0 Å². The van der Waals surface area contributed by atoms with Crippen molar-refractivity contribution in [1.82, 2.24) is 19.5 Å². The molecule has 0 radical (unpaired) electrons. The van der Waals surface area contributed by atoms with Gasteiger partial charge in [-0.1, -0.05) is 11.6 Å². The van der Waals surface area contributed by atoms with Crippen LogP contribution < -0.4 is 0 Å². The first-order chi connectivity index (χ1) is 10.8. The standard InChI is InChI=1S/C14H10ClF3N4S/c1-22-9-6-20-10(14(16,17)18)5-8(9)21-12(22)11-7(15)3-4-19-13(11)23-2/h3-6H,1-2H3. The van der Waals surface area contributed by atoms with Crippen molar-refractivity contribution in [2.75, 3.05) is 6.26 Å². The number of hydrogen-bond donors (Lipinski definition) is 0. The summed E-state index contributed by atoms with van der Waals surface area (Å²) in [4.78, 5) is 12.0. The Morgan fingerprint density at radius 2 is 2.00 bits per heavy atom. The molecule has 23 heavy (non-hydrogen) atoms.